The van der Waals surface area contributed by atoms with E-state index >= 15 is 0 Å². The second-order valence-corrected chi connectivity index (χ2v) is 5.71. The monoisotopic (exact) mass is 248 g/mol. The van der Waals surface area contributed by atoms with E-state index in [2.05, 4.69) is 26.0 Å². The van der Waals surface area contributed by atoms with Gasteiger partial charge in [0.15, 0.2) is 0 Å². The average Bonchev–Trinajstić information content (AvgIpc) is 2.36. The molecule has 1 aromatic carbocycles. The van der Waals surface area contributed by atoms with Crippen LogP contribution in [0, 0.1) is 5.41 Å². The molecule has 0 aromatic heterocycles. The second kappa shape index (κ2) is 6.03. The number of rotatable bonds is 5. The van der Waals surface area contributed by atoms with Crippen molar-refractivity contribution < 1.29 is 9.53 Å². The van der Waals surface area contributed by atoms with Gasteiger partial charge in [0, 0.05) is 0 Å². The highest BCUT2D eigenvalue weighted by Crippen LogP contribution is 2.22. The zero-order chi connectivity index (χ0) is 13.8. The Morgan fingerprint density at radius 1 is 1.22 bits per heavy atom. The molecule has 2 nitrogen and oxygen atoms in total. The molecule has 0 aliphatic carbocycles. The maximum absolute atomic E-state index is 11.8. The Morgan fingerprint density at radius 3 is 2.22 bits per heavy atom. The lowest BCUT2D eigenvalue weighted by molar-refractivity contribution is -0.155. The van der Waals surface area contributed by atoms with Crippen molar-refractivity contribution >= 4 is 5.97 Å². The SMILES string of the molecule is CCC(C)(C)C(=O)OCc1ccc(C(C)C)cc1. The van der Waals surface area contributed by atoms with E-state index in [9.17, 15) is 4.79 Å². The molecule has 0 radical (unpaired) electrons. The Labute approximate surface area is 110 Å². The molecule has 1 aromatic rings. The van der Waals surface area contributed by atoms with Crippen LogP contribution >= 0.6 is 0 Å². The van der Waals surface area contributed by atoms with Crippen molar-refractivity contribution in [2.24, 2.45) is 5.41 Å². The summed E-state index contributed by atoms with van der Waals surface area (Å²) in [6.07, 6.45) is 0.790. The fourth-order valence-corrected chi connectivity index (χ4v) is 1.49. The molecule has 0 saturated carbocycles. The van der Waals surface area contributed by atoms with Gasteiger partial charge in [-0.2, -0.15) is 0 Å². The van der Waals surface area contributed by atoms with Gasteiger partial charge in [-0.1, -0.05) is 45.0 Å². The predicted molar refractivity (Wildman–Crippen MR) is 74.4 cm³/mol. The molecule has 0 aliphatic heterocycles. The predicted octanol–water partition coefficient (Wildman–Crippen LogP) is 4.29. The molecular formula is C16H24O2. The first-order chi connectivity index (χ1) is 8.36. The number of carbonyl (C=O) groups is 1. The summed E-state index contributed by atoms with van der Waals surface area (Å²) in [5.41, 5.74) is 1.95. The van der Waals surface area contributed by atoms with Crippen LogP contribution in [-0.2, 0) is 16.1 Å². The van der Waals surface area contributed by atoms with Gasteiger partial charge in [0.25, 0.3) is 0 Å². The standard InChI is InChI=1S/C16H24O2/c1-6-16(4,5)15(17)18-11-13-7-9-14(10-8-13)12(2)3/h7-10,12H,6,11H2,1-5H3. The highest BCUT2D eigenvalue weighted by Gasteiger charge is 2.26. The maximum Gasteiger partial charge on any atom is 0.311 e. The van der Waals surface area contributed by atoms with Crippen molar-refractivity contribution in [3.8, 4) is 0 Å². The molecular weight excluding hydrogens is 224 g/mol. The maximum atomic E-state index is 11.8. The van der Waals surface area contributed by atoms with E-state index in [1.807, 2.05) is 32.9 Å². The van der Waals surface area contributed by atoms with Crippen molar-refractivity contribution in [3.63, 3.8) is 0 Å². The normalized spacial score (nSPS) is 11.7. The highest BCUT2D eigenvalue weighted by atomic mass is 16.5. The lowest BCUT2D eigenvalue weighted by Gasteiger charge is -2.20. The van der Waals surface area contributed by atoms with Crippen LogP contribution in [0.25, 0.3) is 0 Å². The summed E-state index contributed by atoms with van der Waals surface area (Å²) in [4.78, 5) is 11.8. The Balaban J connectivity index is 2.57. The van der Waals surface area contributed by atoms with Crippen LogP contribution in [0.4, 0.5) is 0 Å². The van der Waals surface area contributed by atoms with E-state index < -0.39 is 5.41 Å². The van der Waals surface area contributed by atoms with Gasteiger partial charge >= 0.3 is 5.97 Å². The Hall–Kier alpha value is -1.31. The number of esters is 1. The van der Waals surface area contributed by atoms with Gasteiger partial charge in [0.2, 0.25) is 0 Å². The van der Waals surface area contributed by atoms with Crippen molar-refractivity contribution in [3.05, 3.63) is 35.4 Å². The number of hydrogen-bond donors (Lipinski definition) is 0. The van der Waals surface area contributed by atoms with E-state index in [1.165, 1.54) is 5.56 Å². The van der Waals surface area contributed by atoms with E-state index in [4.69, 9.17) is 4.74 Å². The van der Waals surface area contributed by atoms with Crippen LogP contribution in [-0.4, -0.2) is 5.97 Å². The van der Waals surface area contributed by atoms with Gasteiger partial charge in [0.05, 0.1) is 5.41 Å². The van der Waals surface area contributed by atoms with Crippen LogP contribution < -0.4 is 0 Å². The molecule has 0 N–H and O–H groups in total. The fraction of sp³-hybridized carbons (Fsp3) is 0.562. The molecule has 0 saturated heterocycles. The first-order valence-corrected chi connectivity index (χ1v) is 6.63. The van der Waals surface area contributed by atoms with Crippen molar-refractivity contribution in [1.82, 2.24) is 0 Å². The molecule has 18 heavy (non-hydrogen) atoms. The summed E-state index contributed by atoms with van der Waals surface area (Å²) in [6, 6.07) is 8.25. The minimum Gasteiger partial charge on any atom is -0.460 e. The third kappa shape index (κ3) is 3.86. The summed E-state index contributed by atoms with van der Waals surface area (Å²) >= 11 is 0. The summed E-state index contributed by atoms with van der Waals surface area (Å²) in [6.45, 7) is 10.5. The first-order valence-electron chi connectivity index (χ1n) is 6.63. The second-order valence-electron chi connectivity index (χ2n) is 5.71. The third-order valence-electron chi connectivity index (χ3n) is 3.45. The molecule has 0 fully saturated rings. The Kier molecular flexibility index (Phi) is 4.94. The van der Waals surface area contributed by atoms with Crippen molar-refractivity contribution in [1.29, 1.82) is 0 Å². The van der Waals surface area contributed by atoms with Gasteiger partial charge in [-0.05, 0) is 37.3 Å². The molecule has 100 valence electrons. The zero-order valence-corrected chi connectivity index (χ0v) is 12.1. The number of hydrogen-bond acceptors (Lipinski definition) is 2. The van der Waals surface area contributed by atoms with E-state index in [0.29, 0.717) is 12.5 Å². The molecule has 0 heterocycles. The fourth-order valence-electron chi connectivity index (χ4n) is 1.49. The van der Waals surface area contributed by atoms with Gasteiger partial charge in [-0.15, -0.1) is 0 Å². The third-order valence-corrected chi connectivity index (χ3v) is 3.45. The summed E-state index contributed by atoms with van der Waals surface area (Å²) in [7, 11) is 0. The van der Waals surface area contributed by atoms with Gasteiger partial charge < -0.3 is 4.74 Å². The minimum absolute atomic E-state index is 0.127. The number of carbonyl (C=O) groups excluding carboxylic acids is 1. The van der Waals surface area contributed by atoms with Crippen LogP contribution in [0.1, 0.15) is 58.1 Å². The Morgan fingerprint density at radius 2 is 1.78 bits per heavy atom. The molecule has 0 unspecified atom stereocenters. The van der Waals surface area contributed by atoms with Crippen LogP contribution in [0.2, 0.25) is 0 Å². The lowest BCUT2D eigenvalue weighted by Crippen LogP contribution is -2.25. The van der Waals surface area contributed by atoms with Gasteiger partial charge in [-0.25, -0.2) is 0 Å². The van der Waals surface area contributed by atoms with Crippen molar-refractivity contribution in [2.45, 2.75) is 53.6 Å². The number of ether oxygens (including phenoxy) is 1. The molecule has 1 rings (SSSR count). The van der Waals surface area contributed by atoms with Gasteiger partial charge in [0.1, 0.15) is 6.61 Å². The Bertz CT molecular complexity index is 388. The molecule has 0 aliphatic rings. The smallest absolute Gasteiger partial charge is 0.311 e. The van der Waals surface area contributed by atoms with E-state index in [1.54, 1.807) is 0 Å². The van der Waals surface area contributed by atoms with Crippen molar-refractivity contribution in [2.75, 3.05) is 0 Å². The van der Waals surface area contributed by atoms with Crippen LogP contribution in [0.15, 0.2) is 24.3 Å². The first kappa shape index (κ1) is 14.7. The summed E-state index contributed by atoms with van der Waals surface area (Å²) in [5, 5.41) is 0. The molecule has 2 heteroatoms. The topological polar surface area (TPSA) is 26.3 Å². The summed E-state index contributed by atoms with van der Waals surface area (Å²) in [5.74, 6) is 0.401. The largest absolute Gasteiger partial charge is 0.460 e. The highest BCUT2D eigenvalue weighted by molar-refractivity contribution is 5.75. The zero-order valence-electron chi connectivity index (χ0n) is 12.1. The lowest BCUT2D eigenvalue weighted by atomic mass is 9.91. The molecule has 0 amide bonds. The summed E-state index contributed by atoms with van der Waals surface area (Å²) < 4.78 is 5.35. The molecule has 0 bridgehead atoms. The van der Waals surface area contributed by atoms with Gasteiger partial charge in [-0.3, -0.25) is 4.79 Å². The quantitative estimate of drug-likeness (QED) is 0.727. The molecule has 0 spiro atoms. The van der Waals surface area contributed by atoms with Crippen LogP contribution in [0.5, 0.6) is 0 Å². The average molecular weight is 248 g/mol. The van der Waals surface area contributed by atoms with E-state index in [0.717, 1.165) is 12.0 Å². The van der Waals surface area contributed by atoms with E-state index in [-0.39, 0.29) is 5.97 Å². The minimum atomic E-state index is -0.391. The number of benzene rings is 1. The van der Waals surface area contributed by atoms with Crippen LogP contribution in [0.3, 0.4) is 0 Å². The molecule has 0 atom stereocenters.